The molecular formula is C21H26N4S. The summed E-state index contributed by atoms with van der Waals surface area (Å²) >= 11 is 1.92. The maximum absolute atomic E-state index is 5.15. The van der Waals surface area contributed by atoms with Gasteiger partial charge in [-0.1, -0.05) is 37.6 Å². The Kier molecular flexibility index (Phi) is 4.27. The number of thioether (sulfide) groups is 1. The largest absolute Gasteiger partial charge is 0.346 e. The Morgan fingerprint density at radius 2 is 2.04 bits per heavy atom. The van der Waals surface area contributed by atoms with Crippen molar-refractivity contribution in [3.8, 4) is 0 Å². The Morgan fingerprint density at radius 3 is 2.81 bits per heavy atom. The van der Waals surface area contributed by atoms with Gasteiger partial charge in [0.25, 0.3) is 0 Å². The van der Waals surface area contributed by atoms with Crippen molar-refractivity contribution in [1.82, 2.24) is 14.5 Å². The number of hydrogen-bond donors (Lipinski definition) is 0. The van der Waals surface area contributed by atoms with E-state index in [4.69, 9.17) is 4.99 Å². The minimum atomic E-state index is 0.100. The molecule has 4 heterocycles. The van der Waals surface area contributed by atoms with Crippen LogP contribution in [0, 0.1) is 0 Å². The summed E-state index contributed by atoms with van der Waals surface area (Å²) in [6.45, 7) is 2.30. The molecule has 3 aliphatic rings. The summed E-state index contributed by atoms with van der Waals surface area (Å²) in [5.41, 5.74) is 2.52. The van der Waals surface area contributed by atoms with Crippen molar-refractivity contribution in [3.63, 3.8) is 0 Å². The molecule has 4 nitrogen and oxygen atoms in total. The number of amidine groups is 1. The van der Waals surface area contributed by atoms with E-state index < -0.39 is 0 Å². The van der Waals surface area contributed by atoms with E-state index in [2.05, 4.69) is 51.8 Å². The van der Waals surface area contributed by atoms with E-state index in [0.717, 1.165) is 11.4 Å². The number of pyridine rings is 1. The Hall–Kier alpha value is -1.75. The van der Waals surface area contributed by atoms with E-state index in [9.17, 15) is 0 Å². The van der Waals surface area contributed by atoms with Crippen LogP contribution >= 0.6 is 11.8 Å². The van der Waals surface area contributed by atoms with Crippen LogP contribution in [0.15, 0.2) is 47.7 Å². The molecule has 0 amide bonds. The maximum Gasteiger partial charge on any atom is 0.160 e. The summed E-state index contributed by atoms with van der Waals surface area (Å²) in [7, 11) is 0. The Bertz CT molecular complexity index is 793. The third-order valence-electron chi connectivity index (χ3n) is 6.16. The van der Waals surface area contributed by atoms with E-state index >= 15 is 0 Å². The molecule has 0 bridgehead atoms. The molecule has 0 radical (unpaired) electrons. The minimum absolute atomic E-state index is 0.100. The summed E-state index contributed by atoms with van der Waals surface area (Å²) in [4.78, 5) is 12.4. The van der Waals surface area contributed by atoms with Crippen LogP contribution in [-0.2, 0) is 0 Å². The van der Waals surface area contributed by atoms with Crippen LogP contribution in [0.3, 0.4) is 0 Å². The van der Waals surface area contributed by atoms with Gasteiger partial charge in [0, 0.05) is 35.9 Å². The lowest BCUT2D eigenvalue weighted by Crippen LogP contribution is -2.36. The molecular weight excluding hydrogens is 340 g/mol. The molecule has 2 fully saturated rings. The molecule has 2 aliphatic heterocycles. The SMILES string of the molecule is CC[C@@H]1CSC2=N[C@H](c3ccccn3)[C@@H](c3cccn3C3CCCC3)N21. The summed E-state index contributed by atoms with van der Waals surface area (Å²) in [6, 6.07) is 12.4. The van der Waals surface area contributed by atoms with Crippen molar-refractivity contribution < 1.29 is 0 Å². The lowest BCUT2D eigenvalue weighted by molar-refractivity contribution is 0.241. The fraction of sp³-hybridized carbons (Fsp3) is 0.524. The molecule has 0 N–H and O–H groups in total. The molecule has 0 spiro atoms. The van der Waals surface area contributed by atoms with Crippen molar-refractivity contribution in [2.24, 2.45) is 4.99 Å². The number of aromatic nitrogens is 2. The molecule has 5 rings (SSSR count). The Morgan fingerprint density at radius 1 is 1.15 bits per heavy atom. The predicted molar refractivity (Wildman–Crippen MR) is 107 cm³/mol. The van der Waals surface area contributed by atoms with Gasteiger partial charge in [-0.25, -0.2) is 0 Å². The quantitative estimate of drug-likeness (QED) is 0.765. The maximum atomic E-state index is 5.15. The number of fused-ring (bicyclic) bond motifs is 1. The third kappa shape index (κ3) is 2.59. The molecule has 1 saturated carbocycles. The van der Waals surface area contributed by atoms with Crippen LogP contribution < -0.4 is 0 Å². The fourth-order valence-corrected chi connectivity index (χ4v) is 6.18. The molecule has 1 aliphatic carbocycles. The molecule has 1 saturated heterocycles. The number of aliphatic imine (C=N–C) groups is 1. The molecule has 0 unspecified atom stereocenters. The van der Waals surface area contributed by atoms with E-state index in [1.54, 1.807) is 0 Å². The molecule has 2 aromatic rings. The van der Waals surface area contributed by atoms with Gasteiger partial charge in [-0.3, -0.25) is 9.98 Å². The standard InChI is InChI=1S/C21H26N4S/c1-2-15-14-26-21-23-19(17-10-5-6-12-22-17)20(25(15)21)18-11-7-13-24(18)16-8-3-4-9-16/h5-7,10-13,15-16,19-20H,2-4,8-9,14H2,1H3/t15-,19-,20-/m1/s1. The zero-order valence-electron chi connectivity index (χ0n) is 15.3. The zero-order valence-corrected chi connectivity index (χ0v) is 16.1. The molecule has 5 heteroatoms. The van der Waals surface area contributed by atoms with Gasteiger partial charge in [-0.15, -0.1) is 0 Å². The number of nitrogens with zero attached hydrogens (tertiary/aromatic N) is 4. The van der Waals surface area contributed by atoms with Crippen LogP contribution in [-0.4, -0.2) is 31.4 Å². The van der Waals surface area contributed by atoms with Crippen molar-refractivity contribution in [2.75, 3.05) is 5.75 Å². The van der Waals surface area contributed by atoms with E-state index in [0.29, 0.717) is 12.1 Å². The molecule has 2 aromatic heterocycles. The summed E-state index contributed by atoms with van der Waals surface area (Å²) in [5.74, 6) is 1.16. The highest BCUT2D eigenvalue weighted by molar-refractivity contribution is 8.14. The molecule has 136 valence electrons. The van der Waals surface area contributed by atoms with Gasteiger partial charge < -0.3 is 9.47 Å². The van der Waals surface area contributed by atoms with Gasteiger partial charge in [0.1, 0.15) is 6.04 Å². The first-order valence-corrected chi connectivity index (χ1v) is 10.9. The summed E-state index contributed by atoms with van der Waals surface area (Å²) in [5, 5.41) is 1.22. The van der Waals surface area contributed by atoms with Crippen LogP contribution in [0.4, 0.5) is 0 Å². The lowest BCUT2D eigenvalue weighted by atomic mass is 9.99. The second kappa shape index (κ2) is 6.76. The average Bonchev–Trinajstić information content (AvgIpc) is 3.43. The topological polar surface area (TPSA) is 33.4 Å². The lowest BCUT2D eigenvalue weighted by Gasteiger charge is -2.33. The third-order valence-corrected chi connectivity index (χ3v) is 7.29. The van der Waals surface area contributed by atoms with Gasteiger partial charge >= 0.3 is 0 Å². The van der Waals surface area contributed by atoms with Gasteiger partial charge in [0.05, 0.1) is 11.7 Å². The Balaban J connectivity index is 1.58. The van der Waals surface area contributed by atoms with Crippen molar-refractivity contribution in [3.05, 3.63) is 54.1 Å². The van der Waals surface area contributed by atoms with E-state index in [-0.39, 0.29) is 12.1 Å². The normalized spacial score (nSPS) is 28.6. The average molecular weight is 367 g/mol. The van der Waals surface area contributed by atoms with Crippen LogP contribution in [0.5, 0.6) is 0 Å². The summed E-state index contributed by atoms with van der Waals surface area (Å²) in [6.07, 6.45) is 10.7. The number of rotatable bonds is 4. The van der Waals surface area contributed by atoms with Crippen LogP contribution in [0.2, 0.25) is 0 Å². The number of hydrogen-bond acceptors (Lipinski definition) is 4. The highest BCUT2D eigenvalue weighted by Gasteiger charge is 2.46. The Labute approximate surface area is 159 Å². The van der Waals surface area contributed by atoms with E-state index in [1.165, 1.54) is 43.0 Å². The molecule has 0 aromatic carbocycles. The van der Waals surface area contributed by atoms with Crippen molar-refractivity contribution in [1.29, 1.82) is 0 Å². The second-order valence-electron chi connectivity index (χ2n) is 7.61. The first-order valence-electron chi connectivity index (χ1n) is 9.93. The summed E-state index contributed by atoms with van der Waals surface area (Å²) < 4.78 is 2.56. The first-order chi connectivity index (χ1) is 12.9. The van der Waals surface area contributed by atoms with Gasteiger partial charge in [-0.05, 0) is 43.5 Å². The first kappa shape index (κ1) is 16.4. The monoisotopic (exact) mass is 366 g/mol. The van der Waals surface area contributed by atoms with Gasteiger partial charge in [0.2, 0.25) is 0 Å². The highest BCUT2D eigenvalue weighted by atomic mass is 32.2. The molecule has 3 atom stereocenters. The van der Waals surface area contributed by atoms with Gasteiger partial charge in [-0.2, -0.15) is 0 Å². The predicted octanol–water partition coefficient (Wildman–Crippen LogP) is 4.98. The second-order valence-corrected chi connectivity index (χ2v) is 8.60. The minimum Gasteiger partial charge on any atom is -0.346 e. The van der Waals surface area contributed by atoms with Crippen LogP contribution in [0.1, 0.15) is 68.5 Å². The van der Waals surface area contributed by atoms with Crippen molar-refractivity contribution >= 4 is 16.9 Å². The zero-order chi connectivity index (χ0) is 17.5. The smallest absolute Gasteiger partial charge is 0.160 e. The van der Waals surface area contributed by atoms with E-state index in [1.807, 2.05) is 24.0 Å². The van der Waals surface area contributed by atoms with Crippen molar-refractivity contribution in [2.45, 2.75) is 63.2 Å². The van der Waals surface area contributed by atoms with Gasteiger partial charge in [0.15, 0.2) is 5.17 Å². The fourth-order valence-electron chi connectivity index (χ4n) is 4.84. The van der Waals surface area contributed by atoms with Crippen LogP contribution in [0.25, 0.3) is 0 Å². The molecule has 26 heavy (non-hydrogen) atoms. The highest BCUT2D eigenvalue weighted by Crippen LogP contribution is 2.49.